The van der Waals surface area contributed by atoms with Crippen LogP contribution in [0, 0.1) is 6.92 Å². The summed E-state index contributed by atoms with van der Waals surface area (Å²) in [5, 5.41) is 12.5. The fraction of sp³-hybridized carbons (Fsp3) is 0.562. The third kappa shape index (κ3) is 2.64. The van der Waals surface area contributed by atoms with E-state index in [0.29, 0.717) is 0 Å². The van der Waals surface area contributed by atoms with Crippen LogP contribution >= 0.6 is 0 Å². The van der Waals surface area contributed by atoms with Gasteiger partial charge in [-0.05, 0) is 48.4 Å². The highest BCUT2D eigenvalue weighted by Gasteiger charge is 2.38. The van der Waals surface area contributed by atoms with Crippen LogP contribution in [0.25, 0.3) is 5.69 Å². The monoisotopic (exact) mass is 301 g/mol. The van der Waals surface area contributed by atoms with Crippen molar-refractivity contribution in [3.8, 4) is 5.69 Å². The molecule has 1 aromatic carbocycles. The van der Waals surface area contributed by atoms with Crippen LogP contribution in [0.15, 0.2) is 24.3 Å². The molecule has 0 N–H and O–H groups in total. The maximum atomic E-state index is 5.49. The zero-order valence-corrected chi connectivity index (χ0v) is 13.5. The molecule has 0 saturated carbocycles. The molecule has 0 bridgehead atoms. The Morgan fingerprint density at radius 1 is 1.27 bits per heavy atom. The predicted molar refractivity (Wildman–Crippen MR) is 83.9 cm³/mol. The van der Waals surface area contributed by atoms with Crippen LogP contribution < -0.4 is 0 Å². The van der Waals surface area contributed by atoms with Crippen molar-refractivity contribution >= 4 is 0 Å². The van der Waals surface area contributed by atoms with Gasteiger partial charge in [0, 0.05) is 13.1 Å². The molecule has 118 valence electrons. The van der Waals surface area contributed by atoms with Crippen molar-refractivity contribution in [2.24, 2.45) is 0 Å². The summed E-state index contributed by atoms with van der Waals surface area (Å²) in [6, 6.07) is 8.26. The second kappa shape index (κ2) is 6.14. The molecule has 1 aliphatic heterocycles. The van der Waals surface area contributed by atoms with Crippen molar-refractivity contribution in [2.45, 2.75) is 32.7 Å². The third-order valence-electron chi connectivity index (χ3n) is 4.59. The number of benzene rings is 1. The first-order valence-electron chi connectivity index (χ1n) is 7.84. The summed E-state index contributed by atoms with van der Waals surface area (Å²) in [6.45, 7) is 9.83. The zero-order chi connectivity index (χ0) is 15.6. The molecule has 2 heterocycles. The molecule has 2 aromatic rings. The summed E-state index contributed by atoms with van der Waals surface area (Å²) < 4.78 is 7.35. The highest BCUT2D eigenvalue weighted by Crippen LogP contribution is 2.31. The van der Waals surface area contributed by atoms with Gasteiger partial charge in [0.25, 0.3) is 0 Å². The molecule has 0 radical (unpaired) electrons. The quantitative estimate of drug-likeness (QED) is 0.863. The molecule has 6 nitrogen and oxygen atoms in total. The van der Waals surface area contributed by atoms with E-state index in [-0.39, 0.29) is 5.54 Å². The molecule has 1 aromatic heterocycles. The molecular weight excluding hydrogens is 278 g/mol. The van der Waals surface area contributed by atoms with Gasteiger partial charge in [-0.2, -0.15) is 4.68 Å². The Labute approximate surface area is 131 Å². The lowest BCUT2D eigenvalue weighted by Crippen LogP contribution is -2.50. The van der Waals surface area contributed by atoms with Crippen LogP contribution in [0.2, 0.25) is 0 Å². The van der Waals surface area contributed by atoms with Crippen LogP contribution in [-0.2, 0) is 10.3 Å². The molecule has 0 amide bonds. The van der Waals surface area contributed by atoms with Gasteiger partial charge < -0.3 is 4.74 Å². The van der Waals surface area contributed by atoms with Crippen LogP contribution in [0.4, 0.5) is 0 Å². The predicted octanol–water partition coefficient (Wildman–Crippen LogP) is 1.93. The number of ether oxygens (including phenoxy) is 1. The molecular formula is C16H23N5O. The van der Waals surface area contributed by atoms with Crippen molar-refractivity contribution in [2.75, 3.05) is 26.3 Å². The summed E-state index contributed by atoms with van der Waals surface area (Å²) >= 11 is 0. The average molecular weight is 301 g/mol. The van der Waals surface area contributed by atoms with Crippen LogP contribution in [0.5, 0.6) is 0 Å². The maximum Gasteiger partial charge on any atom is 0.176 e. The smallest absolute Gasteiger partial charge is 0.176 e. The number of morpholine rings is 1. The van der Waals surface area contributed by atoms with Gasteiger partial charge in [-0.25, -0.2) is 0 Å². The minimum atomic E-state index is -0.197. The Bertz CT molecular complexity index is 635. The standard InChI is InChI=1S/C16H23N5O/c1-4-16(3,20-8-10-22-11-9-20)15-17-18-19-21(15)14-7-5-6-13(2)12-14/h5-7,12H,4,8-11H2,1-3H3/t16-/m1/s1. The van der Waals surface area contributed by atoms with Gasteiger partial charge in [-0.1, -0.05) is 19.1 Å². The summed E-state index contributed by atoms with van der Waals surface area (Å²) in [5.74, 6) is 0.891. The largest absolute Gasteiger partial charge is 0.379 e. The van der Waals surface area contributed by atoms with Crippen molar-refractivity contribution in [3.05, 3.63) is 35.7 Å². The summed E-state index contributed by atoms with van der Waals surface area (Å²) in [5.41, 5.74) is 2.01. The second-order valence-electron chi connectivity index (χ2n) is 5.98. The lowest BCUT2D eigenvalue weighted by Gasteiger charge is -2.41. The number of aryl methyl sites for hydroxylation is 1. The molecule has 1 aliphatic rings. The van der Waals surface area contributed by atoms with E-state index in [1.165, 1.54) is 5.56 Å². The van der Waals surface area contributed by atoms with E-state index in [0.717, 1.165) is 44.2 Å². The molecule has 1 saturated heterocycles. The van der Waals surface area contributed by atoms with E-state index < -0.39 is 0 Å². The summed E-state index contributed by atoms with van der Waals surface area (Å²) in [4.78, 5) is 2.43. The molecule has 0 unspecified atom stereocenters. The molecule has 22 heavy (non-hydrogen) atoms. The normalized spacial score (nSPS) is 19.0. The maximum absolute atomic E-state index is 5.49. The highest BCUT2D eigenvalue weighted by atomic mass is 16.5. The lowest BCUT2D eigenvalue weighted by atomic mass is 9.94. The van der Waals surface area contributed by atoms with E-state index >= 15 is 0 Å². The van der Waals surface area contributed by atoms with Crippen molar-refractivity contribution in [3.63, 3.8) is 0 Å². The summed E-state index contributed by atoms with van der Waals surface area (Å²) in [7, 11) is 0. The zero-order valence-electron chi connectivity index (χ0n) is 13.5. The van der Waals surface area contributed by atoms with Gasteiger partial charge in [-0.3, -0.25) is 4.90 Å². The Balaban J connectivity index is 2.01. The van der Waals surface area contributed by atoms with Crippen LogP contribution in [-0.4, -0.2) is 51.4 Å². The van der Waals surface area contributed by atoms with Crippen molar-refractivity contribution in [1.82, 2.24) is 25.1 Å². The number of nitrogens with zero attached hydrogens (tertiary/aromatic N) is 5. The third-order valence-corrected chi connectivity index (χ3v) is 4.59. The minimum absolute atomic E-state index is 0.197. The van der Waals surface area contributed by atoms with E-state index in [4.69, 9.17) is 4.74 Å². The number of hydrogen-bond acceptors (Lipinski definition) is 5. The van der Waals surface area contributed by atoms with Gasteiger partial charge in [0.1, 0.15) is 0 Å². The first-order valence-corrected chi connectivity index (χ1v) is 7.84. The average Bonchev–Trinajstić information content (AvgIpc) is 3.05. The topological polar surface area (TPSA) is 56.1 Å². The van der Waals surface area contributed by atoms with Crippen LogP contribution in [0.3, 0.4) is 0 Å². The lowest BCUT2D eigenvalue weighted by molar-refractivity contribution is -0.0240. The van der Waals surface area contributed by atoms with E-state index in [9.17, 15) is 0 Å². The molecule has 0 spiro atoms. The first-order chi connectivity index (χ1) is 10.6. The Kier molecular flexibility index (Phi) is 4.22. The number of tetrazole rings is 1. The van der Waals surface area contributed by atoms with Crippen molar-refractivity contribution in [1.29, 1.82) is 0 Å². The van der Waals surface area contributed by atoms with E-state index in [1.807, 2.05) is 16.8 Å². The Hall–Kier alpha value is -1.79. The van der Waals surface area contributed by atoms with Gasteiger partial charge in [0.05, 0.1) is 24.4 Å². The van der Waals surface area contributed by atoms with Crippen LogP contribution in [0.1, 0.15) is 31.7 Å². The Morgan fingerprint density at radius 3 is 2.73 bits per heavy atom. The number of rotatable bonds is 4. The molecule has 0 aliphatic carbocycles. The minimum Gasteiger partial charge on any atom is -0.379 e. The van der Waals surface area contributed by atoms with Gasteiger partial charge in [0.2, 0.25) is 0 Å². The number of hydrogen-bond donors (Lipinski definition) is 0. The molecule has 1 atom stereocenters. The highest BCUT2D eigenvalue weighted by molar-refractivity contribution is 5.35. The molecule has 6 heteroatoms. The second-order valence-corrected chi connectivity index (χ2v) is 5.98. The van der Waals surface area contributed by atoms with Crippen molar-refractivity contribution < 1.29 is 4.74 Å². The SMILES string of the molecule is CC[C@](C)(c1nnnn1-c1cccc(C)c1)N1CCOCC1. The van der Waals surface area contributed by atoms with Gasteiger partial charge in [0.15, 0.2) is 5.82 Å². The van der Waals surface area contributed by atoms with Gasteiger partial charge in [-0.15, -0.1) is 5.10 Å². The first kappa shape index (κ1) is 15.1. The van der Waals surface area contributed by atoms with E-state index in [2.05, 4.69) is 53.3 Å². The fourth-order valence-electron chi connectivity index (χ4n) is 3.04. The summed E-state index contributed by atoms with van der Waals surface area (Å²) in [6.07, 6.45) is 0.944. The molecule has 1 fully saturated rings. The molecule has 3 rings (SSSR count). The number of aromatic nitrogens is 4. The van der Waals surface area contributed by atoms with Gasteiger partial charge >= 0.3 is 0 Å². The Morgan fingerprint density at radius 2 is 2.05 bits per heavy atom. The van der Waals surface area contributed by atoms with E-state index in [1.54, 1.807) is 0 Å². The fourth-order valence-corrected chi connectivity index (χ4v) is 3.04.